The summed E-state index contributed by atoms with van der Waals surface area (Å²) in [6.07, 6.45) is 4.82. The van der Waals surface area contributed by atoms with Crippen LogP contribution in [0.5, 0.6) is 0 Å². The number of rotatable bonds is 5. The molecular weight excluding hydrogens is 270 g/mol. The number of likely N-dealkylation sites (tertiary alicyclic amines) is 1. The van der Waals surface area contributed by atoms with E-state index in [1.54, 1.807) is 0 Å². The Labute approximate surface area is 127 Å². The number of hydrazine groups is 1. The van der Waals surface area contributed by atoms with Crippen molar-refractivity contribution in [2.45, 2.75) is 51.1 Å². The van der Waals surface area contributed by atoms with Gasteiger partial charge in [0.25, 0.3) is 0 Å². The molecular formula is C16H26ClN3. The van der Waals surface area contributed by atoms with Crippen LogP contribution in [0, 0.1) is 0 Å². The van der Waals surface area contributed by atoms with Gasteiger partial charge in [-0.05, 0) is 63.9 Å². The molecule has 112 valence electrons. The molecule has 20 heavy (non-hydrogen) atoms. The van der Waals surface area contributed by atoms with Crippen LogP contribution >= 0.6 is 11.6 Å². The van der Waals surface area contributed by atoms with E-state index >= 15 is 0 Å². The lowest BCUT2D eigenvalue weighted by Crippen LogP contribution is -2.61. The third-order valence-electron chi connectivity index (χ3n) is 4.55. The summed E-state index contributed by atoms with van der Waals surface area (Å²) in [5, 5.41) is 0.786. The SMILES string of the molecule is CC(C)(C(Cc1cccc(Cl)c1)NN)N1CCCCC1. The fourth-order valence-electron chi connectivity index (χ4n) is 3.10. The van der Waals surface area contributed by atoms with Crippen molar-refractivity contribution in [3.05, 3.63) is 34.9 Å². The normalized spacial score (nSPS) is 19.0. The van der Waals surface area contributed by atoms with E-state index < -0.39 is 0 Å². The van der Waals surface area contributed by atoms with Gasteiger partial charge >= 0.3 is 0 Å². The zero-order chi connectivity index (χ0) is 14.6. The first-order chi connectivity index (χ1) is 9.54. The highest BCUT2D eigenvalue weighted by Crippen LogP contribution is 2.26. The fraction of sp³-hybridized carbons (Fsp3) is 0.625. The van der Waals surface area contributed by atoms with Crippen molar-refractivity contribution in [3.63, 3.8) is 0 Å². The second-order valence-corrected chi connectivity index (χ2v) is 6.69. The molecule has 2 rings (SSSR count). The van der Waals surface area contributed by atoms with E-state index in [2.05, 4.69) is 30.2 Å². The highest BCUT2D eigenvalue weighted by atomic mass is 35.5. The van der Waals surface area contributed by atoms with E-state index in [1.165, 1.54) is 37.9 Å². The molecule has 0 bridgehead atoms. The molecule has 4 heteroatoms. The van der Waals surface area contributed by atoms with Gasteiger partial charge in [-0.15, -0.1) is 0 Å². The van der Waals surface area contributed by atoms with Gasteiger partial charge in [0.15, 0.2) is 0 Å². The zero-order valence-electron chi connectivity index (χ0n) is 12.5. The van der Waals surface area contributed by atoms with Gasteiger partial charge in [0.2, 0.25) is 0 Å². The summed E-state index contributed by atoms with van der Waals surface area (Å²) in [6.45, 7) is 6.90. The highest BCUT2D eigenvalue weighted by Gasteiger charge is 2.35. The van der Waals surface area contributed by atoms with Crippen molar-refractivity contribution in [1.82, 2.24) is 10.3 Å². The Bertz CT molecular complexity index is 427. The first kappa shape index (κ1) is 15.8. The summed E-state index contributed by atoms with van der Waals surface area (Å²) < 4.78 is 0. The minimum Gasteiger partial charge on any atom is -0.297 e. The van der Waals surface area contributed by atoms with Gasteiger partial charge in [-0.1, -0.05) is 30.2 Å². The molecule has 0 saturated carbocycles. The number of hydrogen-bond acceptors (Lipinski definition) is 3. The highest BCUT2D eigenvalue weighted by molar-refractivity contribution is 6.30. The van der Waals surface area contributed by atoms with Gasteiger partial charge in [-0.3, -0.25) is 16.2 Å². The number of nitrogens with one attached hydrogen (secondary N) is 1. The van der Waals surface area contributed by atoms with Crippen molar-refractivity contribution >= 4 is 11.6 Å². The second kappa shape index (κ2) is 6.90. The van der Waals surface area contributed by atoms with Gasteiger partial charge in [0.05, 0.1) is 0 Å². The molecule has 3 nitrogen and oxygen atoms in total. The lowest BCUT2D eigenvalue weighted by atomic mass is 9.86. The minimum absolute atomic E-state index is 0.0392. The third kappa shape index (κ3) is 3.73. The number of nitrogens with two attached hydrogens (primary N) is 1. The minimum atomic E-state index is 0.0392. The Balaban J connectivity index is 2.09. The topological polar surface area (TPSA) is 41.3 Å². The molecule has 1 aliphatic rings. The molecule has 3 N–H and O–H groups in total. The Hall–Kier alpha value is -0.610. The van der Waals surface area contributed by atoms with Gasteiger partial charge in [-0.2, -0.15) is 0 Å². The average molecular weight is 296 g/mol. The fourth-order valence-corrected chi connectivity index (χ4v) is 3.32. The average Bonchev–Trinajstić information content (AvgIpc) is 2.45. The third-order valence-corrected chi connectivity index (χ3v) is 4.79. The molecule has 1 unspecified atom stereocenters. The number of piperidine rings is 1. The van der Waals surface area contributed by atoms with E-state index in [-0.39, 0.29) is 11.6 Å². The van der Waals surface area contributed by atoms with Crippen LogP contribution < -0.4 is 11.3 Å². The quantitative estimate of drug-likeness (QED) is 0.648. The second-order valence-electron chi connectivity index (χ2n) is 6.25. The van der Waals surface area contributed by atoms with Gasteiger partial charge in [0.1, 0.15) is 0 Å². The van der Waals surface area contributed by atoms with Crippen LogP contribution in [0.25, 0.3) is 0 Å². The van der Waals surface area contributed by atoms with Crippen LogP contribution in [0.2, 0.25) is 5.02 Å². The Morgan fingerprint density at radius 3 is 2.60 bits per heavy atom. The number of hydrogen-bond donors (Lipinski definition) is 2. The molecule has 1 heterocycles. The van der Waals surface area contributed by atoms with Crippen molar-refractivity contribution in [2.24, 2.45) is 5.84 Å². The molecule has 0 spiro atoms. The van der Waals surface area contributed by atoms with Crippen LogP contribution in [0.4, 0.5) is 0 Å². The monoisotopic (exact) mass is 295 g/mol. The van der Waals surface area contributed by atoms with Crippen molar-refractivity contribution in [3.8, 4) is 0 Å². The molecule has 0 amide bonds. The number of nitrogens with zero attached hydrogens (tertiary/aromatic N) is 1. The molecule has 0 aliphatic carbocycles. The lowest BCUT2D eigenvalue weighted by Gasteiger charge is -2.45. The predicted molar refractivity (Wildman–Crippen MR) is 85.8 cm³/mol. The molecule has 1 aromatic carbocycles. The summed E-state index contributed by atoms with van der Waals surface area (Å²) >= 11 is 6.07. The van der Waals surface area contributed by atoms with E-state index in [9.17, 15) is 0 Å². The smallest absolute Gasteiger partial charge is 0.0429 e. The first-order valence-electron chi connectivity index (χ1n) is 7.49. The van der Waals surface area contributed by atoms with Gasteiger partial charge < -0.3 is 0 Å². The zero-order valence-corrected chi connectivity index (χ0v) is 13.3. The summed E-state index contributed by atoms with van der Waals surface area (Å²) in [7, 11) is 0. The molecule has 1 saturated heterocycles. The van der Waals surface area contributed by atoms with E-state index in [1.807, 2.05) is 18.2 Å². The van der Waals surface area contributed by atoms with Crippen LogP contribution in [-0.4, -0.2) is 29.6 Å². The van der Waals surface area contributed by atoms with Gasteiger partial charge in [0, 0.05) is 16.6 Å². The number of benzene rings is 1. The number of halogens is 1. The van der Waals surface area contributed by atoms with Crippen molar-refractivity contribution in [2.75, 3.05) is 13.1 Å². The van der Waals surface area contributed by atoms with Crippen molar-refractivity contribution < 1.29 is 0 Å². The Morgan fingerprint density at radius 2 is 2.00 bits per heavy atom. The van der Waals surface area contributed by atoms with Crippen molar-refractivity contribution in [1.29, 1.82) is 0 Å². The standard InChI is InChI=1S/C16H26ClN3/c1-16(2,20-9-4-3-5-10-20)15(19-18)12-13-7-6-8-14(17)11-13/h6-8,11,15,19H,3-5,9-10,12,18H2,1-2H3. The summed E-state index contributed by atoms with van der Waals surface area (Å²) in [4.78, 5) is 2.56. The van der Waals surface area contributed by atoms with Gasteiger partial charge in [-0.25, -0.2) is 0 Å². The Kier molecular flexibility index (Phi) is 5.44. The first-order valence-corrected chi connectivity index (χ1v) is 7.87. The molecule has 0 radical (unpaired) electrons. The summed E-state index contributed by atoms with van der Waals surface area (Å²) in [5.41, 5.74) is 4.29. The lowest BCUT2D eigenvalue weighted by molar-refractivity contribution is 0.0611. The largest absolute Gasteiger partial charge is 0.297 e. The molecule has 1 aliphatic heterocycles. The predicted octanol–water partition coefficient (Wildman–Crippen LogP) is 2.98. The molecule has 1 aromatic rings. The van der Waals surface area contributed by atoms with Crippen LogP contribution in [0.3, 0.4) is 0 Å². The summed E-state index contributed by atoms with van der Waals surface area (Å²) in [6, 6.07) is 8.25. The molecule has 1 atom stereocenters. The molecule has 1 fully saturated rings. The Morgan fingerprint density at radius 1 is 1.30 bits per heavy atom. The van der Waals surface area contributed by atoms with Crippen LogP contribution in [0.1, 0.15) is 38.7 Å². The summed E-state index contributed by atoms with van der Waals surface area (Å²) in [5.74, 6) is 5.84. The van der Waals surface area contributed by atoms with E-state index in [4.69, 9.17) is 17.4 Å². The maximum Gasteiger partial charge on any atom is 0.0429 e. The van der Waals surface area contributed by atoms with E-state index in [0.717, 1.165) is 11.4 Å². The van der Waals surface area contributed by atoms with Crippen LogP contribution in [0.15, 0.2) is 24.3 Å². The molecule has 0 aromatic heterocycles. The van der Waals surface area contributed by atoms with E-state index in [0.29, 0.717) is 0 Å². The maximum absolute atomic E-state index is 6.07. The maximum atomic E-state index is 6.07. The van der Waals surface area contributed by atoms with Crippen LogP contribution in [-0.2, 0) is 6.42 Å².